The number of halogens is 1. The van der Waals surface area contributed by atoms with Crippen molar-refractivity contribution in [3.8, 4) is 0 Å². The Morgan fingerprint density at radius 1 is 1.39 bits per heavy atom. The summed E-state index contributed by atoms with van der Waals surface area (Å²) < 4.78 is 0. The van der Waals surface area contributed by atoms with Crippen LogP contribution in [-0.4, -0.2) is 59.3 Å². The molecule has 0 aromatic carbocycles. The summed E-state index contributed by atoms with van der Waals surface area (Å²) >= 11 is 5.78. The summed E-state index contributed by atoms with van der Waals surface area (Å²) in [6, 6.07) is 3.57. The number of hydrogen-bond donors (Lipinski definition) is 1. The van der Waals surface area contributed by atoms with Crippen LogP contribution in [0.2, 0.25) is 5.02 Å². The summed E-state index contributed by atoms with van der Waals surface area (Å²) in [6.07, 6.45) is 4.51. The van der Waals surface area contributed by atoms with E-state index in [0.717, 1.165) is 25.8 Å². The number of likely N-dealkylation sites (tertiary alicyclic amines) is 1. The van der Waals surface area contributed by atoms with Crippen LogP contribution >= 0.6 is 11.6 Å². The Balaban J connectivity index is 1.62. The summed E-state index contributed by atoms with van der Waals surface area (Å²) in [5.74, 6) is 0.598. The summed E-state index contributed by atoms with van der Waals surface area (Å²) in [6.45, 7) is 1.68. The minimum atomic E-state index is -0.116. The summed E-state index contributed by atoms with van der Waals surface area (Å²) in [5, 5.41) is 3.31. The molecule has 23 heavy (non-hydrogen) atoms. The Morgan fingerprint density at radius 3 is 2.96 bits per heavy atom. The zero-order valence-corrected chi connectivity index (χ0v) is 13.9. The van der Waals surface area contributed by atoms with Gasteiger partial charge in [0.2, 0.25) is 11.8 Å². The molecule has 2 aliphatic rings. The zero-order chi connectivity index (χ0) is 16.4. The second kappa shape index (κ2) is 6.84. The number of fused-ring (bicyclic) bond motifs is 3. The van der Waals surface area contributed by atoms with Crippen molar-refractivity contribution in [2.75, 3.05) is 32.0 Å². The fourth-order valence-electron chi connectivity index (χ4n) is 3.42. The molecule has 6 nitrogen and oxygen atoms in total. The lowest BCUT2D eigenvalue weighted by molar-refractivity contribution is -0.134. The molecule has 7 heteroatoms. The molecule has 0 unspecified atom stereocenters. The topological polar surface area (TPSA) is 65.5 Å². The molecule has 2 saturated heterocycles. The SMILES string of the molecule is CN1C(=O)[C@@H]2CCC[C@H]1CN(CC(=O)Nc1ccc(Cl)cn1)C2. The van der Waals surface area contributed by atoms with E-state index >= 15 is 0 Å². The molecule has 2 atom stereocenters. The van der Waals surface area contributed by atoms with E-state index in [1.165, 1.54) is 6.20 Å². The smallest absolute Gasteiger partial charge is 0.239 e. The lowest BCUT2D eigenvalue weighted by Gasteiger charge is -2.28. The first-order valence-corrected chi connectivity index (χ1v) is 8.31. The Bertz CT molecular complexity index is 592. The third kappa shape index (κ3) is 3.82. The molecule has 3 rings (SSSR count). The van der Waals surface area contributed by atoms with E-state index < -0.39 is 0 Å². The van der Waals surface area contributed by atoms with Crippen LogP contribution in [0.1, 0.15) is 19.3 Å². The van der Waals surface area contributed by atoms with Gasteiger partial charge in [-0.15, -0.1) is 0 Å². The first-order chi connectivity index (χ1) is 11.0. The number of carbonyl (C=O) groups excluding carboxylic acids is 2. The Hall–Kier alpha value is -1.66. The second-order valence-corrected chi connectivity index (χ2v) is 6.77. The lowest BCUT2D eigenvalue weighted by atomic mass is 9.99. The van der Waals surface area contributed by atoms with Gasteiger partial charge in [-0.3, -0.25) is 14.5 Å². The van der Waals surface area contributed by atoms with Crippen molar-refractivity contribution in [2.24, 2.45) is 5.92 Å². The van der Waals surface area contributed by atoms with Gasteiger partial charge in [-0.25, -0.2) is 4.98 Å². The highest BCUT2D eigenvalue weighted by Crippen LogP contribution is 2.26. The van der Waals surface area contributed by atoms with Crippen molar-refractivity contribution in [2.45, 2.75) is 25.3 Å². The molecule has 2 bridgehead atoms. The van der Waals surface area contributed by atoms with E-state index in [9.17, 15) is 9.59 Å². The molecular formula is C16H21ClN4O2. The molecule has 0 spiro atoms. The first-order valence-electron chi connectivity index (χ1n) is 7.93. The average molecular weight is 337 g/mol. The fraction of sp³-hybridized carbons (Fsp3) is 0.562. The first kappa shape index (κ1) is 16.2. The standard InChI is InChI=1S/C16H21ClN4O2/c1-20-13-4-2-3-11(16(20)23)8-21(9-13)10-15(22)19-14-6-5-12(17)7-18-14/h5-7,11,13H,2-4,8-10H2,1H3,(H,18,19,22)/t11-,13+/m1/s1. The number of pyridine rings is 1. The molecule has 0 radical (unpaired) electrons. The molecule has 0 saturated carbocycles. The van der Waals surface area contributed by atoms with Crippen molar-refractivity contribution in [3.05, 3.63) is 23.4 Å². The second-order valence-electron chi connectivity index (χ2n) is 6.33. The number of nitrogens with one attached hydrogen (secondary N) is 1. The third-order valence-electron chi connectivity index (χ3n) is 4.64. The van der Waals surface area contributed by atoms with Gasteiger partial charge >= 0.3 is 0 Å². The lowest BCUT2D eigenvalue weighted by Crippen LogP contribution is -2.42. The van der Waals surface area contributed by atoms with E-state index in [1.54, 1.807) is 12.1 Å². The summed E-state index contributed by atoms with van der Waals surface area (Å²) in [5.41, 5.74) is 0. The highest BCUT2D eigenvalue weighted by Gasteiger charge is 2.36. The largest absolute Gasteiger partial charge is 0.341 e. The number of rotatable bonds is 3. The van der Waals surface area contributed by atoms with Gasteiger partial charge in [0, 0.05) is 32.4 Å². The third-order valence-corrected chi connectivity index (χ3v) is 4.87. The molecule has 2 amide bonds. The van der Waals surface area contributed by atoms with E-state index in [-0.39, 0.29) is 30.3 Å². The van der Waals surface area contributed by atoms with E-state index in [2.05, 4.69) is 15.2 Å². The van der Waals surface area contributed by atoms with Gasteiger partial charge in [0.1, 0.15) is 5.82 Å². The quantitative estimate of drug-likeness (QED) is 0.911. The van der Waals surface area contributed by atoms with Gasteiger partial charge in [0.25, 0.3) is 0 Å². The predicted octanol–water partition coefficient (Wildman–Crippen LogP) is 1.62. The van der Waals surface area contributed by atoms with Crippen molar-refractivity contribution in [1.29, 1.82) is 0 Å². The Labute approximate surface area is 140 Å². The molecule has 1 N–H and O–H groups in total. The highest BCUT2D eigenvalue weighted by molar-refractivity contribution is 6.30. The minimum Gasteiger partial charge on any atom is -0.341 e. The molecule has 2 fully saturated rings. The van der Waals surface area contributed by atoms with E-state index in [4.69, 9.17) is 11.6 Å². The molecular weight excluding hydrogens is 316 g/mol. The highest BCUT2D eigenvalue weighted by atomic mass is 35.5. The number of anilines is 1. The molecule has 0 aliphatic carbocycles. The van der Waals surface area contributed by atoms with Crippen molar-refractivity contribution >= 4 is 29.2 Å². The summed E-state index contributed by atoms with van der Waals surface area (Å²) in [7, 11) is 1.88. The normalized spacial score (nSPS) is 25.1. The molecule has 2 aliphatic heterocycles. The van der Waals surface area contributed by atoms with Crippen LogP contribution in [0.4, 0.5) is 5.82 Å². The number of carbonyl (C=O) groups is 2. The van der Waals surface area contributed by atoms with Gasteiger partial charge in [-0.1, -0.05) is 18.0 Å². The van der Waals surface area contributed by atoms with Crippen LogP contribution in [0.25, 0.3) is 0 Å². The van der Waals surface area contributed by atoms with E-state index in [1.807, 2.05) is 11.9 Å². The number of nitrogens with zero attached hydrogens (tertiary/aromatic N) is 3. The van der Waals surface area contributed by atoms with Crippen LogP contribution in [0.15, 0.2) is 18.3 Å². The van der Waals surface area contributed by atoms with Crippen molar-refractivity contribution < 1.29 is 9.59 Å². The van der Waals surface area contributed by atoms with Crippen LogP contribution < -0.4 is 5.32 Å². The van der Waals surface area contributed by atoms with Crippen LogP contribution in [0.3, 0.4) is 0 Å². The maximum absolute atomic E-state index is 12.4. The monoisotopic (exact) mass is 336 g/mol. The molecule has 1 aromatic rings. The minimum absolute atomic E-state index is 0.00829. The van der Waals surface area contributed by atoms with Crippen molar-refractivity contribution in [3.63, 3.8) is 0 Å². The molecule has 1 aromatic heterocycles. The number of hydrogen-bond acceptors (Lipinski definition) is 4. The van der Waals surface area contributed by atoms with Crippen molar-refractivity contribution in [1.82, 2.24) is 14.8 Å². The van der Waals surface area contributed by atoms with Gasteiger partial charge in [-0.05, 0) is 25.0 Å². The van der Waals surface area contributed by atoms with Gasteiger partial charge in [0.15, 0.2) is 0 Å². The number of aromatic nitrogens is 1. The number of amides is 2. The van der Waals surface area contributed by atoms with E-state index in [0.29, 0.717) is 17.4 Å². The van der Waals surface area contributed by atoms with Gasteiger partial charge in [0.05, 0.1) is 17.5 Å². The predicted molar refractivity (Wildman–Crippen MR) is 88.2 cm³/mol. The van der Waals surface area contributed by atoms with Crippen LogP contribution in [-0.2, 0) is 9.59 Å². The molecule has 3 heterocycles. The Morgan fingerprint density at radius 2 is 2.22 bits per heavy atom. The zero-order valence-electron chi connectivity index (χ0n) is 13.2. The average Bonchev–Trinajstić information content (AvgIpc) is 2.68. The molecule has 124 valence electrons. The Kier molecular flexibility index (Phi) is 4.82. The van der Waals surface area contributed by atoms with Crippen LogP contribution in [0.5, 0.6) is 0 Å². The fourth-order valence-corrected chi connectivity index (χ4v) is 3.53. The maximum atomic E-state index is 12.4. The number of likely N-dealkylation sites (N-methyl/N-ethyl adjacent to an activating group) is 1. The van der Waals surface area contributed by atoms with Crippen LogP contribution in [0, 0.1) is 5.92 Å². The van der Waals surface area contributed by atoms with Gasteiger partial charge < -0.3 is 10.2 Å². The summed E-state index contributed by atoms with van der Waals surface area (Å²) in [4.78, 5) is 32.6. The maximum Gasteiger partial charge on any atom is 0.239 e. The van der Waals surface area contributed by atoms with Gasteiger partial charge in [-0.2, -0.15) is 0 Å².